The van der Waals surface area contributed by atoms with E-state index in [0.717, 1.165) is 17.9 Å². The van der Waals surface area contributed by atoms with E-state index in [2.05, 4.69) is 15.0 Å². The Kier molecular flexibility index (Phi) is 3.54. The zero-order valence-electron chi connectivity index (χ0n) is 9.76. The Balaban J connectivity index is 2.20. The first-order chi connectivity index (χ1) is 8.18. The summed E-state index contributed by atoms with van der Waals surface area (Å²) >= 11 is 5.97. The lowest BCUT2D eigenvalue weighted by Crippen LogP contribution is -2.19. The second-order valence-electron chi connectivity index (χ2n) is 3.82. The molecule has 0 aliphatic heterocycles. The van der Waals surface area contributed by atoms with Gasteiger partial charge >= 0.3 is 0 Å². The fourth-order valence-corrected chi connectivity index (χ4v) is 1.77. The molecule has 0 saturated heterocycles. The second kappa shape index (κ2) is 5.10. The van der Waals surface area contributed by atoms with E-state index in [4.69, 9.17) is 11.6 Å². The molecule has 0 atom stereocenters. The quantitative estimate of drug-likeness (QED) is 0.783. The van der Waals surface area contributed by atoms with Crippen LogP contribution < -0.4 is 4.90 Å². The van der Waals surface area contributed by atoms with Crippen LogP contribution in [-0.2, 0) is 6.54 Å². The first kappa shape index (κ1) is 11.8. The van der Waals surface area contributed by atoms with Crippen molar-refractivity contribution in [3.63, 3.8) is 0 Å². The van der Waals surface area contributed by atoms with Crippen molar-refractivity contribution in [1.82, 2.24) is 15.0 Å². The lowest BCUT2D eigenvalue weighted by Gasteiger charge is -2.20. The third kappa shape index (κ3) is 2.71. The molecule has 17 heavy (non-hydrogen) atoms. The highest BCUT2D eigenvalue weighted by Crippen LogP contribution is 2.21. The molecule has 0 amide bonds. The van der Waals surface area contributed by atoms with Crippen LogP contribution in [0.15, 0.2) is 30.9 Å². The van der Waals surface area contributed by atoms with Crippen molar-refractivity contribution in [1.29, 1.82) is 0 Å². The highest BCUT2D eigenvalue weighted by atomic mass is 35.5. The van der Waals surface area contributed by atoms with Gasteiger partial charge in [-0.1, -0.05) is 11.6 Å². The third-order valence-electron chi connectivity index (χ3n) is 2.53. The van der Waals surface area contributed by atoms with Crippen LogP contribution in [0.1, 0.15) is 11.1 Å². The molecule has 0 saturated carbocycles. The summed E-state index contributed by atoms with van der Waals surface area (Å²) in [6, 6.07) is 3.96. The van der Waals surface area contributed by atoms with Crippen molar-refractivity contribution in [3.8, 4) is 0 Å². The van der Waals surface area contributed by atoms with Crippen LogP contribution in [0.4, 0.5) is 5.82 Å². The Morgan fingerprint density at radius 2 is 1.94 bits per heavy atom. The van der Waals surface area contributed by atoms with Gasteiger partial charge in [0.15, 0.2) is 0 Å². The number of hydrogen-bond acceptors (Lipinski definition) is 4. The number of rotatable bonds is 3. The van der Waals surface area contributed by atoms with E-state index in [9.17, 15) is 0 Å². The summed E-state index contributed by atoms with van der Waals surface area (Å²) in [7, 11) is 1.98. The standard InChI is InChI=1S/C12H13ClN4/c1-9-11(13)15-8-16-12(9)17(2)7-10-3-5-14-6-4-10/h3-6,8H,7H2,1-2H3. The van der Waals surface area contributed by atoms with Gasteiger partial charge in [0.05, 0.1) is 0 Å². The minimum atomic E-state index is 0.497. The number of nitrogens with zero attached hydrogens (tertiary/aromatic N) is 4. The average Bonchev–Trinajstić information content (AvgIpc) is 2.34. The van der Waals surface area contributed by atoms with Crippen molar-refractivity contribution in [2.24, 2.45) is 0 Å². The van der Waals surface area contributed by atoms with E-state index < -0.39 is 0 Å². The Morgan fingerprint density at radius 1 is 1.24 bits per heavy atom. The molecule has 2 rings (SSSR count). The lowest BCUT2D eigenvalue weighted by atomic mass is 10.2. The highest BCUT2D eigenvalue weighted by molar-refractivity contribution is 6.30. The van der Waals surface area contributed by atoms with E-state index in [1.807, 2.05) is 31.0 Å². The van der Waals surface area contributed by atoms with Crippen molar-refractivity contribution < 1.29 is 0 Å². The molecule has 2 heterocycles. The summed E-state index contributed by atoms with van der Waals surface area (Å²) in [5.41, 5.74) is 2.07. The van der Waals surface area contributed by atoms with E-state index in [1.165, 1.54) is 11.9 Å². The molecule has 0 bridgehead atoms. The summed E-state index contributed by atoms with van der Waals surface area (Å²) in [6.45, 7) is 2.68. The molecule has 0 unspecified atom stereocenters. The summed E-state index contributed by atoms with van der Waals surface area (Å²) in [5.74, 6) is 0.849. The Labute approximate surface area is 105 Å². The first-order valence-corrected chi connectivity index (χ1v) is 5.63. The monoisotopic (exact) mass is 248 g/mol. The van der Waals surface area contributed by atoms with Gasteiger partial charge in [-0.3, -0.25) is 4.98 Å². The molecule has 2 aromatic heterocycles. The van der Waals surface area contributed by atoms with E-state index in [0.29, 0.717) is 5.15 Å². The zero-order chi connectivity index (χ0) is 12.3. The lowest BCUT2D eigenvalue weighted by molar-refractivity contribution is 0.880. The fourth-order valence-electron chi connectivity index (χ4n) is 1.64. The van der Waals surface area contributed by atoms with Gasteiger partial charge in [0, 0.05) is 31.5 Å². The minimum absolute atomic E-state index is 0.497. The number of anilines is 1. The molecule has 2 aromatic rings. The predicted molar refractivity (Wildman–Crippen MR) is 68.1 cm³/mol. The van der Waals surface area contributed by atoms with Gasteiger partial charge in [-0.05, 0) is 24.6 Å². The molecule has 0 fully saturated rings. The molecule has 5 heteroatoms. The number of pyridine rings is 1. The van der Waals surface area contributed by atoms with E-state index in [1.54, 1.807) is 12.4 Å². The maximum atomic E-state index is 5.97. The zero-order valence-corrected chi connectivity index (χ0v) is 10.5. The topological polar surface area (TPSA) is 41.9 Å². The predicted octanol–water partition coefficient (Wildman–Crippen LogP) is 2.47. The molecular formula is C12H13ClN4. The van der Waals surface area contributed by atoms with Gasteiger partial charge in [-0.25, -0.2) is 9.97 Å². The Morgan fingerprint density at radius 3 is 2.65 bits per heavy atom. The van der Waals surface area contributed by atoms with Crippen LogP contribution in [-0.4, -0.2) is 22.0 Å². The van der Waals surface area contributed by atoms with Gasteiger partial charge < -0.3 is 4.90 Å². The second-order valence-corrected chi connectivity index (χ2v) is 4.18. The van der Waals surface area contributed by atoms with Crippen LogP contribution in [0, 0.1) is 6.92 Å². The van der Waals surface area contributed by atoms with Crippen LogP contribution in [0.3, 0.4) is 0 Å². The van der Waals surface area contributed by atoms with Crippen LogP contribution in [0.2, 0.25) is 5.15 Å². The number of halogens is 1. The normalized spacial score (nSPS) is 10.3. The number of aromatic nitrogens is 3. The molecule has 0 aromatic carbocycles. The minimum Gasteiger partial charge on any atom is -0.355 e. The third-order valence-corrected chi connectivity index (χ3v) is 2.91. The van der Waals surface area contributed by atoms with Crippen molar-refractivity contribution >= 4 is 17.4 Å². The molecule has 4 nitrogen and oxygen atoms in total. The van der Waals surface area contributed by atoms with Crippen molar-refractivity contribution in [3.05, 3.63) is 47.1 Å². The van der Waals surface area contributed by atoms with Gasteiger partial charge in [-0.15, -0.1) is 0 Å². The van der Waals surface area contributed by atoms with Gasteiger partial charge in [0.2, 0.25) is 0 Å². The van der Waals surface area contributed by atoms with Crippen LogP contribution in [0.5, 0.6) is 0 Å². The summed E-state index contributed by atoms with van der Waals surface area (Å²) in [6.07, 6.45) is 5.04. The molecule has 0 spiro atoms. The van der Waals surface area contributed by atoms with Crippen LogP contribution >= 0.6 is 11.6 Å². The van der Waals surface area contributed by atoms with Gasteiger partial charge in [0.25, 0.3) is 0 Å². The first-order valence-electron chi connectivity index (χ1n) is 5.25. The Hall–Kier alpha value is -1.68. The Bertz CT molecular complexity index is 501. The molecule has 88 valence electrons. The molecule has 0 radical (unpaired) electrons. The fraction of sp³-hybridized carbons (Fsp3) is 0.250. The molecule has 0 aliphatic rings. The van der Waals surface area contributed by atoms with E-state index in [-0.39, 0.29) is 0 Å². The van der Waals surface area contributed by atoms with Crippen molar-refractivity contribution in [2.75, 3.05) is 11.9 Å². The van der Waals surface area contributed by atoms with Gasteiger partial charge in [-0.2, -0.15) is 0 Å². The average molecular weight is 249 g/mol. The summed E-state index contributed by atoms with van der Waals surface area (Å²) in [4.78, 5) is 14.2. The maximum Gasteiger partial charge on any atom is 0.137 e. The largest absolute Gasteiger partial charge is 0.355 e. The molecule has 0 N–H and O–H groups in total. The van der Waals surface area contributed by atoms with Crippen molar-refractivity contribution in [2.45, 2.75) is 13.5 Å². The smallest absolute Gasteiger partial charge is 0.137 e. The maximum absolute atomic E-state index is 5.97. The number of hydrogen-bond donors (Lipinski definition) is 0. The van der Waals surface area contributed by atoms with Gasteiger partial charge in [0.1, 0.15) is 17.3 Å². The molecular weight excluding hydrogens is 236 g/mol. The SMILES string of the molecule is Cc1c(Cl)ncnc1N(C)Cc1ccncc1. The summed E-state index contributed by atoms with van der Waals surface area (Å²) in [5, 5.41) is 0.497. The van der Waals surface area contributed by atoms with Crippen LogP contribution in [0.25, 0.3) is 0 Å². The van der Waals surface area contributed by atoms with E-state index >= 15 is 0 Å². The summed E-state index contributed by atoms with van der Waals surface area (Å²) < 4.78 is 0. The molecule has 0 aliphatic carbocycles. The highest BCUT2D eigenvalue weighted by Gasteiger charge is 2.09.